The number of allylic oxidation sites excluding steroid dienone is 1. The van der Waals surface area contributed by atoms with Crippen molar-refractivity contribution in [2.24, 2.45) is 5.92 Å². The molecule has 0 saturated heterocycles. The van der Waals surface area contributed by atoms with Gasteiger partial charge < -0.3 is 0 Å². The van der Waals surface area contributed by atoms with E-state index in [-0.39, 0.29) is 0 Å². The predicted molar refractivity (Wildman–Crippen MR) is 112 cm³/mol. The van der Waals surface area contributed by atoms with Gasteiger partial charge in [0.1, 0.15) is 0 Å². The molecule has 0 aliphatic heterocycles. The number of hydrogen-bond acceptors (Lipinski definition) is 0. The van der Waals surface area contributed by atoms with Crippen molar-refractivity contribution in [3.8, 4) is 0 Å². The SMILES string of the molecule is C=CCCC1CCC(c2ccc(C3CCc4cc(F)c(F)cc4C3)cc2)CC1. The third kappa shape index (κ3) is 4.21. The lowest BCUT2D eigenvalue weighted by Gasteiger charge is -2.29. The topological polar surface area (TPSA) is 0 Å². The molecular weight excluding hydrogens is 350 g/mol. The summed E-state index contributed by atoms with van der Waals surface area (Å²) in [5.41, 5.74) is 4.74. The lowest BCUT2D eigenvalue weighted by Crippen LogP contribution is -2.15. The van der Waals surface area contributed by atoms with Crippen molar-refractivity contribution in [3.63, 3.8) is 0 Å². The van der Waals surface area contributed by atoms with Gasteiger partial charge in [-0.1, -0.05) is 30.3 Å². The molecule has 0 radical (unpaired) electrons. The van der Waals surface area contributed by atoms with Gasteiger partial charge in [-0.2, -0.15) is 0 Å². The monoisotopic (exact) mass is 380 g/mol. The summed E-state index contributed by atoms with van der Waals surface area (Å²) in [4.78, 5) is 0. The zero-order valence-corrected chi connectivity index (χ0v) is 16.6. The first-order valence-electron chi connectivity index (χ1n) is 10.8. The van der Waals surface area contributed by atoms with Crippen molar-refractivity contribution in [1.82, 2.24) is 0 Å². The minimum absolute atomic E-state index is 0.404. The molecule has 2 heteroatoms. The Morgan fingerprint density at radius 2 is 1.43 bits per heavy atom. The van der Waals surface area contributed by atoms with E-state index in [1.165, 1.54) is 55.4 Å². The number of benzene rings is 2. The van der Waals surface area contributed by atoms with Crippen molar-refractivity contribution in [2.75, 3.05) is 0 Å². The average Bonchev–Trinajstić information content (AvgIpc) is 2.73. The fraction of sp³-hybridized carbons (Fsp3) is 0.462. The van der Waals surface area contributed by atoms with E-state index < -0.39 is 11.6 Å². The maximum Gasteiger partial charge on any atom is 0.159 e. The number of rotatable bonds is 5. The second-order valence-electron chi connectivity index (χ2n) is 8.73. The molecule has 28 heavy (non-hydrogen) atoms. The second kappa shape index (κ2) is 8.59. The molecule has 0 bridgehead atoms. The van der Waals surface area contributed by atoms with E-state index in [0.717, 1.165) is 42.7 Å². The summed E-state index contributed by atoms with van der Waals surface area (Å²) in [6, 6.07) is 11.9. The minimum Gasteiger partial charge on any atom is -0.204 e. The van der Waals surface area contributed by atoms with Gasteiger partial charge in [0.25, 0.3) is 0 Å². The van der Waals surface area contributed by atoms with E-state index in [4.69, 9.17) is 0 Å². The Morgan fingerprint density at radius 3 is 2.07 bits per heavy atom. The summed E-state index contributed by atoms with van der Waals surface area (Å²) in [5.74, 6) is 0.527. The zero-order chi connectivity index (χ0) is 19.5. The summed E-state index contributed by atoms with van der Waals surface area (Å²) in [6.07, 6.45) is 12.4. The van der Waals surface area contributed by atoms with Crippen LogP contribution < -0.4 is 0 Å². The highest BCUT2D eigenvalue weighted by molar-refractivity contribution is 5.36. The number of aryl methyl sites for hydroxylation is 1. The Bertz CT molecular complexity index is 813. The van der Waals surface area contributed by atoms with Gasteiger partial charge in [0, 0.05) is 0 Å². The van der Waals surface area contributed by atoms with Gasteiger partial charge in [-0.3, -0.25) is 0 Å². The van der Waals surface area contributed by atoms with Gasteiger partial charge in [0.15, 0.2) is 11.6 Å². The quantitative estimate of drug-likeness (QED) is 0.472. The molecule has 1 fully saturated rings. The van der Waals surface area contributed by atoms with Crippen LogP contribution in [-0.4, -0.2) is 0 Å². The Labute approximate surface area is 167 Å². The highest BCUT2D eigenvalue weighted by Gasteiger charge is 2.24. The molecule has 4 rings (SSSR count). The van der Waals surface area contributed by atoms with E-state index in [1.807, 2.05) is 6.08 Å². The lowest BCUT2D eigenvalue weighted by atomic mass is 9.76. The smallest absolute Gasteiger partial charge is 0.159 e. The fourth-order valence-electron chi connectivity index (χ4n) is 5.21. The molecule has 0 nitrogen and oxygen atoms in total. The summed E-state index contributed by atoms with van der Waals surface area (Å²) >= 11 is 0. The molecule has 0 heterocycles. The van der Waals surface area contributed by atoms with E-state index in [9.17, 15) is 8.78 Å². The van der Waals surface area contributed by atoms with E-state index >= 15 is 0 Å². The fourth-order valence-corrected chi connectivity index (χ4v) is 5.21. The first kappa shape index (κ1) is 19.4. The van der Waals surface area contributed by atoms with Gasteiger partial charge in [-0.15, -0.1) is 6.58 Å². The second-order valence-corrected chi connectivity index (χ2v) is 8.73. The predicted octanol–water partition coefficient (Wildman–Crippen LogP) is 7.48. The Morgan fingerprint density at radius 1 is 0.821 bits per heavy atom. The molecule has 0 spiro atoms. The zero-order valence-electron chi connectivity index (χ0n) is 16.6. The van der Waals surface area contributed by atoms with Crippen LogP contribution in [0.15, 0.2) is 49.1 Å². The summed E-state index contributed by atoms with van der Waals surface area (Å²) in [7, 11) is 0. The van der Waals surface area contributed by atoms with Crippen LogP contribution in [0.25, 0.3) is 0 Å². The molecule has 1 saturated carbocycles. The number of fused-ring (bicyclic) bond motifs is 1. The molecule has 2 aliphatic rings. The molecule has 1 atom stereocenters. The van der Waals surface area contributed by atoms with Crippen LogP contribution in [0.5, 0.6) is 0 Å². The van der Waals surface area contributed by atoms with Gasteiger partial charge >= 0.3 is 0 Å². The maximum atomic E-state index is 13.6. The van der Waals surface area contributed by atoms with Crippen molar-refractivity contribution >= 4 is 0 Å². The third-order valence-corrected chi connectivity index (χ3v) is 6.98. The van der Waals surface area contributed by atoms with Crippen molar-refractivity contribution in [1.29, 1.82) is 0 Å². The van der Waals surface area contributed by atoms with Crippen molar-refractivity contribution in [2.45, 2.75) is 69.6 Å². The van der Waals surface area contributed by atoms with Crippen molar-refractivity contribution < 1.29 is 8.78 Å². The highest BCUT2D eigenvalue weighted by Crippen LogP contribution is 2.39. The molecule has 148 valence electrons. The lowest BCUT2D eigenvalue weighted by molar-refractivity contribution is 0.312. The molecule has 0 aromatic heterocycles. The molecule has 1 unspecified atom stereocenters. The standard InChI is InChI=1S/C26H30F2/c1-2-3-4-18-5-7-19(8-6-18)20-9-11-21(12-10-20)22-13-14-23-16-25(27)26(28)17-24(23)15-22/h2,9-12,16-19,22H,1,3-8,13-15H2. The van der Waals surface area contributed by atoms with Gasteiger partial charge in [0.2, 0.25) is 0 Å². The minimum atomic E-state index is -0.724. The first-order valence-corrected chi connectivity index (χ1v) is 10.8. The molecular formula is C26H30F2. The average molecular weight is 381 g/mol. The van der Waals surface area contributed by atoms with Crippen molar-refractivity contribution in [3.05, 3.63) is 82.9 Å². The first-order chi connectivity index (χ1) is 13.6. The van der Waals surface area contributed by atoms with E-state index in [1.54, 1.807) is 0 Å². The molecule has 2 aromatic rings. The Kier molecular flexibility index (Phi) is 5.94. The summed E-state index contributed by atoms with van der Waals surface area (Å²) in [6.45, 7) is 3.84. The van der Waals surface area contributed by atoms with Gasteiger partial charge in [-0.05, 0) is 110 Å². The Hall–Kier alpha value is -1.96. The number of halogens is 2. The largest absolute Gasteiger partial charge is 0.204 e. The van der Waals surface area contributed by atoms with Gasteiger partial charge in [0.05, 0.1) is 0 Å². The van der Waals surface area contributed by atoms with Crippen LogP contribution in [-0.2, 0) is 12.8 Å². The highest BCUT2D eigenvalue weighted by atomic mass is 19.2. The van der Waals surface area contributed by atoms with E-state index in [0.29, 0.717) is 11.8 Å². The molecule has 2 aliphatic carbocycles. The van der Waals surface area contributed by atoms with Gasteiger partial charge in [-0.25, -0.2) is 8.78 Å². The Balaban J connectivity index is 1.39. The van der Waals surface area contributed by atoms with Crippen LogP contribution in [0.4, 0.5) is 8.78 Å². The molecule has 2 aromatic carbocycles. The molecule has 0 N–H and O–H groups in total. The van der Waals surface area contributed by atoms with Crippen LogP contribution in [0.2, 0.25) is 0 Å². The normalized spacial score (nSPS) is 24.6. The van der Waals surface area contributed by atoms with Crippen LogP contribution >= 0.6 is 0 Å². The molecule has 0 amide bonds. The third-order valence-electron chi connectivity index (χ3n) is 6.98. The van der Waals surface area contributed by atoms with E-state index in [2.05, 4.69) is 30.8 Å². The number of hydrogen-bond donors (Lipinski definition) is 0. The summed E-state index contributed by atoms with van der Waals surface area (Å²) in [5, 5.41) is 0. The van der Waals surface area contributed by atoms with Crippen LogP contribution in [0.3, 0.4) is 0 Å². The van der Waals surface area contributed by atoms with Crippen LogP contribution in [0, 0.1) is 17.6 Å². The van der Waals surface area contributed by atoms with Crippen LogP contribution in [0.1, 0.15) is 79.0 Å². The maximum absolute atomic E-state index is 13.6. The summed E-state index contributed by atoms with van der Waals surface area (Å²) < 4.78 is 27.1.